The van der Waals surface area contributed by atoms with Crippen LogP contribution in [-0.2, 0) is 0 Å². The van der Waals surface area contributed by atoms with Gasteiger partial charge in [0.25, 0.3) is 0 Å². The Kier molecular flexibility index (Phi) is 5.74. The minimum Gasteiger partial charge on any atom is -0.477 e. The van der Waals surface area contributed by atoms with Gasteiger partial charge in [0.1, 0.15) is 21.4 Å². The van der Waals surface area contributed by atoms with E-state index in [1.165, 1.54) is 24.7 Å². The summed E-state index contributed by atoms with van der Waals surface area (Å²) < 4.78 is 0. The van der Waals surface area contributed by atoms with Gasteiger partial charge in [0.15, 0.2) is 5.82 Å². The first-order chi connectivity index (χ1) is 13.9. The second-order valence-corrected chi connectivity index (χ2v) is 6.54. The van der Waals surface area contributed by atoms with Gasteiger partial charge in [-0.3, -0.25) is 10.1 Å². The minimum atomic E-state index is -1.21. The fourth-order valence-electron chi connectivity index (χ4n) is 2.37. The Balaban J connectivity index is 2.07. The summed E-state index contributed by atoms with van der Waals surface area (Å²) in [5, 5.41) is 14.7. The number of pyridine rings is 1. The molecule has 0 atom stereocenters. The number of anilines is 1. The van der Waals surface area contributed by atoms with E-state index in [-0.39, 0.29) is 38.3 Å². The number of carbonyl (C=O) groups excluding carboxylic acids is 2. The van der Waals surface area contributed by atoms with Crippen LogP contribution in [0.15, 0.2) is 30.7 Å². The van der Waals surface area contributed by atoms with Crippen LogP contribution in [0, 0.1) is 0 Å². The molecule has 148 valence electrons. The lowest BCUT2D eigenvalue weighted by Gasteiger charge is -2.08. The number of rotatable bonds is 6. The number of aromatic nitrogens is 4. The zero-order valence-corrected chi connectivity index (χ0v) is 15.9. The highest BCUT2D eigenvalue weighted by molar-refractivity contribution is 7.17. The molecule has 0 aliphatic carbocycles. The molecule has 0 unspecified atom stereocenters. The van der Waals surface area contributed by atoms with Crippen LogP contribution in [0.25, 0.3) is 22.1 Å². The smallest absolute Gasteiger partial charge is 0.348 e. The van der Waals surface area contributed by atoms with Gasteiger partial charge in [-0.1, -0.05) is 0 Å². The summed E-state index contributed by atoms with van der Waals surface area (Å²) in [6.07, 6.45) is 4.22. The van der Waals surface area contributed by atoms with Crippen molar-refractivity contribution < 1.29 is 19.5 Å². The van der Waals surface area contributed by atoms with Crippen molar-refractivity contribution in [3.8, 4) is 22.1 Å². The van der Waals surface area contributed by atoms with Crippen LogP contribution in [0.3, 0.4) is 0 Å². The SMILES string of the molecule is CCNC(=O)Nc1cc(C(N)=O)c(-c2nc(-c3ncccn3)c(C(=O)O)s2)cn1. The van der Waals surface area contributed by atoms with Gasteiger partial charge < -0.3 is 16.2 Å². The lowest BCUT2D eigenvalue weighted by atomic mass is 10.1. The van der Waals surface area contributed by atoms with E-state index in [1.807, 2.05) is 0 Å². The number of aromatic carboxylic acids is 1. The fourth-order valence-corrected chi connectivity index (χ4v) is 3.30. The Labute approximate surface area is 168 Å². The number of carboxylic acids is 1. The number of amides is 3. The minimum absolute atomic E-state index is 0.0259. The Morgan fingerprint density at radius 3 is 2.55 bits per heavy atom. The van der Waals surface area contributed by atoms with Gasteiger partial charge in [-0.15, -0.1) is 11.3 Å². The van der Waals surface area contributed by atoms with Gasteiger partial charge in [0.2, 0.25) is 5.91 Å². The van der Waals surface area contributed by atoms with E-state index in [1.54, 1.807) is 13.0 Å². The number of carboxylic acid groups (broad SMARTS) is 1. The van der Waals surface area contributed by atoms with Crippen LogP contribution in [0.5, 0.6) is 0 Å². The van der Waals surface area contributed by atoms with Crippen LogP contribution in [0.4, 0.5) is 10.6 Å². The number of carbonyl (C=O) groups is 3. The van der Waals surface area contributed by atoms with E-state index in [0.29, 0.717) is 6.54 Å². The Morgan fingerprint density at radius 1 is 1.21 bits per heavy atom. The summed E-state index contributed by atoms with van der Waals surface area (Å²) in [7, 11) is 0. The average Bonchev–Trinajstić information content (AvgIpc) is 3.14. The topological polar surface area (TPSA) is 173 Å². The van der Waals surface area contributed by atoms with Crippen molar-refractivity contribution in [2.24, 2.45) is 5.73 Å². The first-order valence-electron chi connectivity index (χ1n) is 8.27. The predicted octanol–water partition coefficient (Wildman–Crippen LogP) is 1.60. The molecule has 29 heavy (non-hydrogen) atoms. The lowest BCUT2D eigenvalue weighted by molar-refractivity contribution is 0.0702. The van der Waals surface area contributed by atoms with Crippen LogP contribution in [0.1, 0.15) is 27.0 Å². The number of nitrogens with one attached hydrogen (secondary N) is 2. The molecule has 3 rings (SSSR count). The zero-order chi connectivity index (χ0) is 21.0. The molecule has 0 aliphatic heterocycles. The summed E-state index contributed by atoms with van der Waals surface area (Å²) in [5.41, 5.74) is 5.79. The molecular formula is C17H15N7O4S. The van der Waals surface area contributed by atoms with Crippen LogP contribution < -0.4 is 16.4 Å². The number of thiazole rings is 1. The Hall–Kier alpha value is -3.93. The maximum absolute atomic E-state index is 12.0. The van der Waals surface area contributed by atoms with Gasteiger partial charge in [0, 0.05) is 30.7 Å². The molecule has 0 aliphatic rings. The summed E-state index contributed by atoms with van der Waals surface area (Å²) in [6.45, 7) is 2.16. The molecule has 5 N–H and O–H groups in total. The molecule has 3 aromatic heterocycles. The highest BCUT2D eigenvalue weighted by atomic mass is 32.1. The molecule has 0 saturated carbocycles. The second-order valence-electron chi connectivity index (χ2n) is 5.54. The van der Waals surface area contributed by atoms with Gasteiger partial charge in [0.05, 0.1) is 5.56 Å². The maximum atomic E-state index is 12.0. The molecule has 0 radical (unpaired) electrons. The van der Waals surface area contributed by atoms with Gasteiger partial charge in [-0.05, 0) is 19.1 Å². The largest absolute Gasteiger partial charge is 0.477 e. The molecule has 0 bridgehead atoms. The highest BCUT2D eigenvalue weighted by Crippen LogP contribution is 2.34. The molecule has 3 amide bonds. The third-order valence-corrected chi connectivity index (χ3v) is 4.65. The monoisotopic (exact) mass is 413 g/mol. The molecule has 0 fully saturated rings. The molecular weight excluding hydrogens is 398 g/mol. The van der Waals surface area contributed by atoms with Gasteiger partial charge >= 0.3 is 12.0 Å². The molecule has 0 spiro atoms. The summed E-state index contributed by atoms with van der Waals surface area (Å²) in [6, 6.07) is 2.40. The summed E-state index contributed by atoms with van der Waals surface area (Å²) in [5.74, 6) is -1.75. The highest BCUT2D eigenvalue weighted by Gasteiger charge is 2.24. The third-order valence-electron chi connectivity index (χ3n) is 3.58. The first kappa shape index (κ1) is 19.8. The molecule has 0 aromatic carbocycles. The average molecular weight is 413 g/mol. The molecule has 3 heterocycles. The second kappa shape index (κ2) is 8.39. The molecule has 0 saturated heterocycles. The van der Waals surface area contributed by atoms with E-state index in [0.717, 1.165) is 11.3 Å². The van der Waals surface area contributed by atoms with E-state index in [9.17, 15) is 19.5 Å². The predicted molar refractivity (Wildman–Crippen MR) is 105 cm³/mol. The van der Waals surface area contributed by atoms with Crippen molar-refractivity contribution in [1.82, 2.24) is 25.3 Å². The van der Waals surface area contributed by atoms with Gasteiger partial charge in [-0.25, -0.2) is 29.5 Å². The van der Waals surface area contributed by atoms with E-state index in [4.69, 9.17) is 5.73 Å². The summed E-state index contributed by atoms with van der Waals surface area (Å²) in [4.78, 5) is 51.6. The zero-order valence-electron chi connectivity index (χ0n) is 15.0. The van der Waals surface area contributed by atoms with E-state index in [2.05, 4.69) is 30.6 Å². The Bertz CT molecular complexity index is 1080. The number of urea groups is 1. The first-order valence-corrected chi connectivity index (χ1v) is 9.09. The van der Waals surface area contributed by atoms with Crippen molar-refractivity contribution in [1.29, 1.82) is 0 Å². The Morgan fingerprint density at radius 2 is 1.93 bits per heavy atom. The van der Waals surface area contributed by atoms with E-state index < -0.39 is 17.9 Å². The van der Waals surface area contributed by atoms with Crippen LogP contribution in [-0.4, -0.2) is 49.5 Å². The van der Waals surface area contributed by atoms with Crippen LogP contribution in [0.2, 0.25) is 0 Å². The van der Waals surface area contributed by atoms with Crippen molar-refractivity contribution >= 4 is 35.1 Å². The third kappa shape index (κ3) is 4.32. The van der Waals surface area contributed by atoms with Crippen molar-refractivity contribution in [3.05, 3.63) is 41.2 Å². The van der Waals surface area contributed by atoms with Gasteiger partial charge in [-0.2, -0.15) is 0 Å². The number of nitrogens with zero attached hydrogens (tertiary/aromatic N) is 4. The standard InChI is InChI=1S/C17H15N7O4S/c1-2-19-17(28)23-10-6-8(13(18)25)9(7-22-10)15-24-11(12(29-15)16(26)27)14-20-4-3-5-21-14/h3-7H,2H2,1H3,(H2,18,25)(H,26,27)(H2,19,22,23,28). The number of nitrogens with two attached hydrogens (primary N) is 1. The quantitative estimate of drug-likeness (QED) is 0.471. The number of primary amides is 1. The lowest BCUT2D eigenvalue weighted by Crippen LogP contribution is -2.28. The maximum Gasteiger partial charge on any atom is 0.348 e. The van der Waals surface area contributed by atoms with E-state index >= 15 is 0 Å². The molecule has 12 heteroatoms. The summed E-state index contributed by atoms with van der Waals surface area (Å²) >= 11 is 0.837. The molecule has 11 nitrogen and oxygen atoms in total. The number of hydrogen-bond donors (Lipinski definition) is 4. The normalized spacial score (nSPS) is 10.4. The van der Waals surface area contributed by atoms with Crippen LogP contribution >= 0.6 is 11.3 Å². The van der Waals surface area contributed by atoms with Crippen molar-refractivity contribution in [2.75, 3.05) is 11.9 Å². The van der Waals surface area contributed by atoms with Crippen molar-refractivity contribution in [2.45, 2.75) is 6.92 Å². The fraction of sp³-hybridized carbons (Fsp3) is 0.118. The van der Waals surface area contributed by atoms with Crippen molar-refractivity contribution in [3.63, 3.8) is 0 Å². The number of hydrogen-bond acceptors (Lipinski definition) is 8. The molecule has 3 aromatic rings.